The van der Waals surface area contributed by atoms with Gasteiger partial charge in [0.25, 0.3) is 0 Å². The van der Waals surface area contributed by atoms with Crippen molar-refractivity contribution in [3.8, 4) is 0 Å². The van der Waals surface area contributed by atoms with Gasteiger partial charge < -0.3 is 4.79 Å². The second kappa shape index (κ2) is 7.60. The van der Waals surface area contributed by atoms with Gasteiger partial charge in [0.2, 0.25) is 0 Å². The van der Waals surface area contributed by atoms with Crippen LogP contribution in [0.1, 0.15) is 39.5 Å². The molecule has 0 saturated carbocycles. The lowest BCUT2D eigenvalue weighted by atomic mass is 9.92. The highest BCUT2D eigenvalue weighted by Gasteiger charge is 2.10. The summed E-state index contributed by atoms with van der Waals surface area (Å²) in [5.41, 5.74) is 0. The van der Waals surface area contributed by atoms with Gasteiger partial charge in [0.1, 0.15) is 6.29 Å². The molecule has 0 heterocycles. The molecule has 0 rings (SSSR count). The molecule has 0 saturated heterocycles. The van der Waals surface area contributed by atoms with Crippen molar-refractivity contribution in [1.82, 2.24) is 0 Å². The lowest BCUT2D eigenvalue weighted by Crippen LogP contribution is -2.07. The SMILES string of the molecule is CCC(C)CC(C=O)CCCCl. The Labute approximate surface area is 80.5 Å². The van der Waals surface area contributed by atoms with Gasteiger partial charge in [-0.1, -0.05) is 20.3 Å². The maximum Gasteiger partial charge on any atom is 0.123 e. The largest absolute Gasteiger partial charge is 0.303 e. The van der Waals surface area contributed by atoms with Crippen LogP contribution in [0.5, 0.6) is 0 Å². The van der Waals surface area contributed by atoms with Crippen LogP contribution in [0.2, 0.25) is 0 Å². The summed E-state index contributed by atoms with van der Waals surface area (Å²) in [6, 6.07) is 0. The summed E-state index contributed by atoms with van der Waals surface area (Å²) in [4.78, 5) is 10.6. The molecule has 0 aromatic rings. The van der Waals surface area contributed by atoms with E-state index in [1.54, 1.807) is 0 Å². The molecule has 0 spiro atoms. The predicted molar refractivity (Wildman–Crippen MR) is 53.6 cm³/mol. The first-order valence-corrected chi connectivity index (χ1v) is 5.29. The summed E-state index contributed by atoms with van der Waals surface area (Å²) in [5.74, 6) is 1.57. The molecule has 0 aromatic heterocycles. The number of hydrogen-bond acceptors (Lipinski definition) is 1. The topological polar surface area (TPSA) is 17.1 Å². The molecule has 0 amide bonds. The van der Waals surface area contributed by atoms with Crippen LogP contribution in [0, 0.1) is 11.8 Å². The van der Waals surface area contributed by atoms with Crippen LogP contribution in [0.15, 0.2) is 0 Å². The van der Waals surface area contributed by atoms with Crippen molar-refractivity contribution in [3.63, 3.8) is 0 Å². The predicted octanol–water partition coefficient (Wildman–Crippen LogP) is 3.26. The molecular weight excluding hydrogens is 172 g/mol. The van der Waals surface area contributed by atoms with E-state index in [2.05, 4.69) is 13.8 Å². The maximum atomic E-state index is 10.6. The van der Waals surface area contributed by atoms with E-state index in [4.69, 9.17) is 11.6 Å². The summed E-state index contributed by atoms with van der Waals surface area (Å²) in [5, 5.41) is 0. The number of carbonyl (C=O) groups excluding carboxylic acids is 1. The first-order chi connectivity index (χ1) is 5.74. The van der Waals surface area contributed by atoms with Gasteiger partial charge in [-0.15, -0.1) is 11.6 Å². The smallest absolute Gasteiger partial charge is 0.123 e. The van der Waals surface area contributed by atoms with Gasteiger partial charge in [-0.05, 0) is 25.2 Å². The van der Waals surface area contributed by atoms with Crippen LogP contribution in [-0.2, 0) is 4.79 Å². The number of rotatable bonds is 7. The van der Waals surface area contributed by atoms with E-state index in [9.17, 15) is 4.79 Å². The van der Waals surface area contributed by atoms with Crippen LogP contribution in [0.3, 0.4) is 0 Å². The van der Waals surface area contributed by atoms with Crippen molar-refractivity contribution in [2.75, 3.05) is 5.88 Å². The number of halogens is 1. The highest BCUT2D eigenvalue weighted by molar-refractivity contribution is 6.17. The highest BCUT2D eigenvalue weighted by atomic mass is 35.5. The Hall–Kier alpha value is -0.0400. The molecule has 0 aliphatic heterocycles. The lowest BCUT2D eigenvalue weighted by Gasteiger charge is -2.13. The zero-order valence-electron chi connectivity index (χ0n) is 8.05. The van der Waals surface area contributed by atoms with Gasteiger partial charge in [-0.3, -0.25) is 0 Å². The summed E-state index contributed by atoms with van der Waals surface area (Å²) >= 11 is 5.56. The van der Waals surface area contributed by atoms with Crippen molar-refractivity contribution in [2.45, 2.75) is 39.5 Å². The third-order valence-electron chi connectivity index (χ3n) is 2.30. The van der Waals surface area contributed by atoms with Crippen LogP contribution in [-0.4, -0.2) is 12.2 Å². The molecule has 0 aliphatic rings. The van der Waals surface area contributed by atoms with Crippen molar-refractivity contribution >= 4 is 17.9 Å². The molecule has 0 N–H and O–H groups in total. The van der Waals surface area contributed by atoms with Crippen molar-refractivity contribution < 1.29 is 4.79 Å². The van der Waals surface area contributed by atoms with Gasteiger partial charge in [-0.2, -0.15) is 0 Å². The molecular formula is C10H19ClO. The van der Waals surface area contributed by atoms with Crippen molar-refractivity contribution in [1.29, 1.82) is 0 Å². The van der Waals surface area contributed by atoms with E-state index in [1.807, 2.05) is 0 Å². The molecule has 72 valence electrons. The summed E-state index contributed by atoms with van der Waals surface area (Å²) in [6.45, 7) is 4.35. The van der Waals surface area contributed by atoms with Gasteiger partial charge in [0.05, 0.1) is 0 Å². The second-order valence-corrected chi connectivity index (χ2v) is 3.85. The molecule has 0 bridgehead atoms. The third-order valence-corrected chi connectivity index (χ3v) is 2.57. The van der Waals surface area contributed by atoms with Gasteiger partial charge in [0, 0.05) is 11.8 Å². The van der Waals surface area contributed by atoms with E-state index < -0.39 is 0 Å². The fourth-order valence-corrected chi connectivity index (χ4v) is 1.42. The van der Waals surface area contributed by atoms with Crippen LogP contribution >= 0.6 is 11.6 Å². The summed E-state index contributed by atoms with van der Waals surface area (Å²) < 4.78 is 0. The monoisotopic (exact) mass is 190 g/mol. The molecule has 12 heavy (non-hydrogen) atoms. The van der Waals surface area contributed by atoms with Crippen LogP contribution < -0.4 is 0 Å². The van der Waals surface area contributed by atoms with Gasteiger partial charge in [0.15, 0.2) is 0 Å². The van der Waals surface area contributed by atoms with Gasteiger partial charge in [-0.25, -0.2) is 0 Å². The molecule has 0 aliphatic carbocycles. The number of aldehydes is 1. The maximum absolute atomic E-state index is 10.6. The Kier molecular flexibility index (Phi) is 7.58. The standard InChI is InChI=1S/C10H19ClO/c1-3-9(2)7-10(8-12)5-4-6-11/h8-10H,3-7H2,1-2H3. The molecule has 0 radical (unpaired) electrons. The molecule has 0 aromatic carbocycles. The highest BCUT2D eigenvalue weighted by Crippen LogP contribution is 2.17. The number of carbonyl (C=O) groups is 1. The average molecular weight is 191 g/mol. The van der Waals surface area contributed by atoms with Crippen molar-refractivity contribution in [3.05, 3.63) is 0 Å². The average Bonchev–Trinajstić information content (AvgIpc) is 2.11. The third kappa shape index (κ3) is 5.59. The second-order valence-electron chi connectivity index (χ2n) is 3.48. The first kappa shape index (κ1) is 12.0. The number of hydrogen-bond donors (Lipinski definition) is 0. The molecule has 0 fully saturated rings. The molecule has 2 atom stereocenters. The van der Waals surface area contributed by atoms with Gasteiger partial charge >= 0.3 is 0 Å². The van der Waals surface area contributed by atoms with E-state index in [-0.39, 0.29) is 5.92 Å². The zero-order chi connectivity index (χ0) is 9.40. The van der Waals surface area contributed by atoms with Crippen LogP contribution in [0.25, 0.3) is 0 Å². The first-order valence-electron chi connectivity index (χ1n) is 4.75. The minimum Gasteiger partial charge on any atom is -0.303 e. The quantitative estimate of drug-likeness (QED) is 0.445. The number of alkyl halides is 1. The summed E-state index contributed by atoms with van der Waals surface area (Å²) in [6.07, 6.45) is 5.18. The van der Waals surface area contributed by atoms with Crippen LogP contribution in [0.4, 0.5) is 0 Å². The molecule has 2 unspecified atom stereocenters. The Morgan fingerprint density at radius 3 is 2.58 bits per heavy atom. The Morgan fingerprint density at radius 2 is 2.17 bits per heavy atom. The minimum absolute atomic E-state index is 0.235. The molecule has 1 nitrogen and oxygen atoms in total. The normalized spacial score (nSPS) is 15.6. The minimum atomic E-state index is 0.235. The fourth-order valence-electron chi connectivity index (χ4n) is 1.26. The fraction of sp³-hybridized carbons (Fsp3) is 0.900. The lowest BCUT2D eigenvalue weighted by molar-refractivity contribution is -0.111. The van der Waals surface area contributed by atoms with E-state index in [0.717, 1.165) is 32.0 Å². The van der Waals surface area contributed by atoms with E-state index in [0.29, 0.717) is 11.8 Å². The Bertz CT molecular complexity index is 114. The Balaban J connectivity index is 3.59. The van der Waals surface area contributed by atoms with E-state index >= 15 is 0 Å². The Morgan fingerprint density at radius 1 is 1.50 bits per heavy atom. The summed E-state index contributed by atoms with van der Waals surface area (Å²) in [7, 11) is 0. The molecule has 2 heteroatoms. The van der Waals surface area contributed by atoms with E-state index in [1.165, 1.54) is 0 Å². The van der Waals surface area contributed by atoms with Crippen molar-refractivity contribution in [2.24, 2.45) is 11.8 Å². The zero-order valence-corrected chi connectivity index (χ0v) is 8.81.